The van der Waals surface area contributed by atoms with Crippen molar-refractivity contribution in [3.05, 3.63) is 0 Å². The van der Waals surface area contributed by atoms with Gasteiger partial charge < -0.3 is 14.5 Å². The van der Waals surface area contributed by atoms with Crippen molar-refractivity contribution in [3.63, 3.8) is 0 Å². The second-order valence-electron chi connectivity index (χ2n) is 6.73. The molecule has 0 aliphatic carbocycles. The van der Waals surface area contributed by atoms with Crippen LogP contribution in [0.1, 0.15) is 47.5 Å². The third kappa shape index (κ3) is 5.38. The molecular weight excluding hydrogens is 292 g/mol. The van der Waals surface area contributed by atoms with Gasteiger partial charge in [0, 0.05) is 25.2 Å². The highest BCUT2D eigenvalue weighted by Crippen LogP contribution is 2.21. The van der Waals surface area contributed by atoms with Crippen LogP contribution in [0.2, 0.25) is 0 Å². The Morgan fingerprint density at radius 2 is 1.81 bits per heavy atom. The zero-order valence-corrected chi connectivity index (χ0v) is 14.4. The largest absolute Gasteiger partial charge is 0.444 e. The average Bonchev–Trinajstić information content (AvgIpc) is 2.37. The maximum Gasteiger partial charge on any atom is 0.410 e. The van der Waals surface area contributed by atoms with E-state index in [1.54, 1.807) is 4.90 Å². The van der Waals surface area contributed by atoms with Gasteiger partial charge in [-0.1, -0.05) is 0 Å². The quantitative estimate of drug-likeness (QED) is 0.752. The van der Waals surface area contributed by atoms with Crippen LogP contribution in [-0.4, -0.2) is 58.5 Å². The van der Waals surface area contributed by atoms with Crippen molar-refractivity contribution in [1.82, 2.24) is 9.80 Å². The molecule has 1 aliphatic rings. The molecule has 0 atom stereocenters. The number of likely N-dealkylation sites (tertiary alicyclic amines) is 1. The molecule has 1 aliphatic heterocycles. The van der Waals surface area contributed by atoms with Gasteiger partial charge in [-0.25, -0.2) is 4.79 Å². The Kier molecular flexibility index (Phi) is 6.32. The van der Waals surface area contributed by atoms with Crippen LogP contribution in [0, 0.1) is 0 Å². The minimum absolute atomic E-state index is 0.00442. The average molecular weight is 319 g/mol. The van der Waals surface area contributed by atoms with E-state index in [-0.39, 0.29) is 30.0 Å². The molecule has 0 spiro atoms. The van der Waals surface area contributed by atoms with Gasteiger partial charge in [-0.15, -0.1) is 11.6 Å². The molecule has 0 N–H and O–H groups in total. The summed E-state index contributed by atoms with van der Waals surface area (Å²) in [5.74, 6) is -0.0350. The van der Waals surface area contributed by atoms with Gasteiger partial charge in [0.15, 0.2) is 0 Å². The van der Waals surface area contributed by atoms with E-state index in [0.717, 1.165) is 12.8 Å². The number of carbonyl (C=O) groups excluding carboxylic acids is 2. The lowest BCUT2D eigenvalue weighted by Crippen LogP contribution is -2.52. The molecule has 122 valence electrons. The molecule has 1 saturated heterocycles. The number of nitrogens with zero attached hydrogens (tertiary/aromatic N) is 2. The number of alkyl halides is 1. The van der Waals surface area contributed by atoms with Crippen molar-refractivity contribution < 1.29 is 14.3 Å². The number of rotatable bonds is 3. The number of halogens is 1. The maximum atomic E-state index is 12.0. The van der Waals surface area contributed by atoms with Crippen LogP contribution in [0.4, 0.5) is 4.79 Å². The van der Waals surface area contributed by atoms with E-state index in [1.165, 1.54) is 0 Å². The summed E-state index contributed by atoms with van der Waals surface area (Å²) in [6.45, 7) is 10.8. The molecule has 0 unspecified atom stereocenters. The molecule has 0 aromatic rings. The Hall–Kier alpha value is -0.970. The third-order valence-electron chi connectivity index (χ3n) is 3.47. The lowest BCUT2D eigenvalue weighted by molar-refractivity contribution is -0.133. The molecular formula is C15H27ClN2O3. The summed E-state index contributed by atoms with van der Waals surface area (Å²) < 4.78 is 5.37. The molecule has 2 amide bonds. The second kappa shape index (κ2) is 7.34. The fraction of sp³-hybridized carbons (Fsp3) is 0.867. The fourth-order valence-corrected chi connectivity index (χ4v) is 2.77. The van der Waals surface area contributed by atoms with Gasteiger partial charge >= 0.3 is 6.09 Å². The highest BCUT2D eigenvalue weighted by atomic mass is 35.5. The van der Waals surface area contributed by atoms with Crippen molar-refractivity contribution in [2.45, 2.75) is 65.1 Å². The van der Waals surface area contributed by atoms with Crippen LogP contribution >= 0.6 is 11.6 Å². The zero-order valence-electron chi connectivity index (χ0n) is 13.7. The first-order chi connectivity index (χ1) is 9.65. The van der Waals surface area contributed by atoms with Gasteiger partial charge in [-0.3, -0.25) is 4.79 Å². The fourth-order valence-electron chi connectivity index (χ4n) is 2.64. The van der Waals surface area contributed by atoms with Crippen LogP contribution in [0.3, 0.4) is 0 Å². The molecule has 1 fully saturated rings. The molecule has 0 aromatic carbocycles. The van der Waals surface area contributed by atoms with E-state index in [1.807, 2.05) is 39.5 Å². The van der Waals surface area contributed by atoms with Crippen LogP contribution in [0.15, 0.2) is 0 Å². The molecule has 5 nitrogen and oxygen atoms in total. The van der Waals surface area contributed by atoms with Gasteiger partial charge in [-0.05, 0) is 47.5 Å². The topological polar surface area (TPSA) is 49.9 Å². The molecule has 0 saturated carbocycles. The normalized spacial score (nSPS) is 17.0. The summed E-state index contributed by atoms with van der Waals surface area (Å²) >= 11 is 5.69. The Labute approximate surface area is 132 Å². The van der Waals surface area contributed by atoms with Gasteiger partial charge in [0.2, 0.25) is 5.91 Å². The van der Waals surface area contributed by atoms with Crippen LogP contribution in [0.25, 0.3) is 0 Å². The molecule has 1 rings (SSSR count). The lowest BCUT2D eigenvalue weighted by Gasteiger charge is -2.40. The smallest absolute Gasteiger partial charge is 0.410 e. The minimum atomic E-state index is -0.480. The van der Waals surface area contributed by atoms with Gasteiger partial charge in [0.05, 0.1) is 0 Å². The molecule has 0 aromatic heterocycles. The molecule has 0 radical (unpaired) electrons. The number of ether oxygens (including phenoxy) is 1. The number of amides is 2. The van der Waals surface area contributed by atoms with E-state index in [9.17, 15) is 9.59 Å². The second-order valence-corrected chi connectivity index (χ2v) is 6.99. The van der Waals surface area contributed by atoms with Gasteiger partial charge in [0.25, 0.3) is 0 Å². The number of carbonyl (C=O) groups is 2. The monoisotopic (exact) mass is 318 g/mol. The van der Waals surface area contributed by atoms with E-state index < -0.39 is 5.60 Å². The molecule has 21 heavy (non-hydrogen) atoms. The Balaban J connectivity index is 2.58. The molecule has 6 heteroatoms. The highest BCUT2D eigenvalue weighted by Gasteiger charge is 2.32. The van der Waals surface area contributed by atoms with E-state index in [4.69, 9.17) is 16.3 Å². The summed E-state index contributed by atoms with van der Waals surface area (Å²) in [4.78, 5) is 27.5. The van der Waals surface area contributed by atoms with Crippen LogP contribution < -0.4 is 0 Å². The summed E-state index contributed by atoms with van der Waals surface area (Å²) in [6, 6.07) is 0.268. The predicted octanol–water partition coefficient (Wildman–Crippen LogP) is 2.86. The van der Waals surface area contributed by atoms with Gasteiger partial charge in [0.1, 0.15) is 11.5 Å². The standard InChI is InChI=1S/C15H27ClN2O3/c1-11(2)18(13(19)10-16)12-6-8-17(9-7-12)14(20)21-15(3,4)5/h11-12H,6-10H2,1-5H3. The highest BCUT2D eigenvalue weighted by molar-refractivity contribution is 6.27. The first-order valence-corrected chi connectivity index (χ1v) is 8.04. The summed E-state index contributed by atoms with van der Waals surface area (Å²) in [7, 11) is 0. The summed E-state index contributed by atoms with van der Waals surface area (Å²) in [6.07, 6.45) is 1.25. The third-order valence-corrected chi connectivity index (χ3v) is 3.70. The number of hydrogen-bond acceptors (Lipinski definition) is 3. The van der Waals surface area contributed by atoms with Crippen molar-refractivity contribution in [2.75, 3.05) is 19.0 Å². The summed E-state index contributed by atoms with van der Waals surface area (Å²) in [5, 5.41) is 0. The van der Waals surface area contributed by atoms with Crippen LogP contribution in [0.5, 0.6) is 0 Å². The van der Waals surface area contributed by atoms with Crippen LogP contribution in [-0.2, 0) is 9.53 Å². The number of hydrogen-bond donors (Lipinski definition) is 0. The molecule has 0 bridgehead atoms. The van der Waals surface area contributed by atoms with Gasteiger partial charge in [-0.2, -0.15) is 0 Å². The summed E-state index contributed by atoms with van der Waals surface area (Å²) in [5.41, 5.74) is -0.480. The first-order valence-electron chi connectivity index (χ1n) is 7.50. The Morgan fingerprint density at radius 1 is 1.29 bits per heavy atom. The predicted molar refractivity (Wildman–Crippen MR) is 83.5 cm³/mol. The zero-order chi connectivity index (χ0) is 16.2. The number of piperidine rings is 1. The Bertz CT molecular complexity index is 372. The van der Waals surface area contributed by atoms with Crippen molar-refractivity contribution in [2.24, 2.45) is 0 Å². The minimum Gasteiger partial charge on any atom is -0.444 e. The maximum absolute atomic E-state index is 12.0. The van der Waals surface area contributed by atoms with Crippen molar-refractivity contribution in [3.8, 4) is 0 Å². The lowest BCUT2D eigenvalue weighted by atomic mass is 10.0. The first kappa shape index (κ1) is 18.1. The van der Waals surface area contributed by atoms with Crippen molar-refractivity contribution in [1.29, 1.82) is 0 Å². The van der Waals surface area contributed by atoms with Crippen molar-refractivity contribution >= 4 is 23.6 Å². The van der Waals surface area contributed by atoms with E-state index in [2.05, 4.69) is 0 Å². The SMILES string of the molecule is CC(C)N(C(=O)CCl)C1CCN(C(=O)OC(C)(C)C)CC1. The van der Waals surface area contributed by atoms with E-state index in [0.29, 0.717) is 13.1 Å². The van der Waals surface area contributed by atoms with E-state index >= 15 is 0 Å². The Morgan fingerprint density at radius 3 is 2.19 bits per heavy atom. The molecule has 1 heterocycles.